The number of hydrogen-bond acceptors (Lipinski definition) is 4. The van der Waals surface area contributed by atoms with Crippen molar-refractivity contribution < 1.29 is 23.3 Å². The molecule has 5 nitrogen and oxygen atoms in total. The molecule has 0 saturated carbocycles. The van der Waals surface area contributed by atoms with Crippen molar-refractivity contribution in [3.8, 4) is 0 Å². The average Bonchev–Trinajstić information content (AvgIpc) is 2.36. The zero-order valence-electron chi connectivity index (χ0n) is 13.0. The van der Waals surface area contributed by atoms with Gasteiger partial charge in [0.05, 0.1) is 5.60 Å². The molecule has 1 unspecified atom stereocenters. The molecule has 0 aromatic heterocycles. The number of rotatable bonds is 10. The third-order valence-electron chi connectivity index (χ3n) is 3.38. The molecule has 6 heteroatoms. The van der Waals surface area contributed by atoms with Crippen molar-refractivity contribution >= 4 is 13.8 Å². The zero-order valence-corrected chi connectivity index (χ0v) is 13.9. The van der Waals surface area contributed by atoms with Gasteiger partial charge in [0.2, 0.25) is 0 Å². The van der Waals surface area contributed by atoms with Gasteiger partial charge in [-0.15, -0.1) is 0 Å². The van der Waals surface area contributed by atoms with E-state index < -0.39 is 19.4 Å². The van der Waals surface area contributed by atoms with Crippen LogP contribution in [-0.4, -0.2) is 16.5 Å². The summed E-state index contributed by atoms with van der Waals surface area (Å²) in [6.07, 6.45) is 4.84. The lowest BCUT2D eigenvalue weighted by Gasteiger charge is -2.32. The maximum absolute atomic E-state index is 11.9. The van der Waals surface area contributed by atoms with Gasteiger partial charge >= 0.3 is 13.8 Å². The van der Waals surface area contributed by atoms with Crippen LogP contribution in [0, 0.1) is 0 Å². The monoisotopic (exact) mass is 306 g/mol. The van der Waals surface area contributed by atoms with E-state index in [4.69, 9.17) is 4.52 Å². The molecule has 0 aromatic rings. The van der Waals surface area contributed by atoms with E-state index in [0.717, 1.165) is 19.3 Å². The molecule has 0 radical (unpaired) electrons. The first-order chi connectivity index (χ1) is 9.22. The Morgan fingerprint density at radius 3 is 2.20 bits per heavy atom. The van der Waals surface area contributed by atoms with Gasteiger partial charge in [-0.25, -0.2) is 9.36 Å². The molecule has 0 fully saturated rings. The summed E-state index contributed by atoms with van der Waals surface area (Å²) >= 11 is 0. The van der Waals surface area contributed by atoms with Crippen molar-refractivity contribution in [3.63, 3.8) is 0 Å². The van der Waals surface area contributed by atoms with Gasteiger partial charge in [-0.1, -0.05) is 46.6 Å². The second-order valence-electron chi connectivity index (χ2n) is 5.07. The predicted molar refractivity (Wildman–Crippen MR) is 79.3 cm³/mol. The first kappa shape index (κ1) is 19.4. The molecule has 0 saturated heterocycles. The third-order valence-corrected chi connectivity index (χ3v) is 4.39. The third kappa shape index (κ3) is 6.69. The van der Waals surface area contributed by atoms with Gasteiger partial charge in [0.25, 0.3) is 0 Å². The first-order valence-electron chi connectivity index (χ1n) is 7.15. The fourth-order valence-electron chi connectivity index (χ4n) is 1.92. The van der Waals surface area contributed by atoms with Crippen LogP contribution in [-0.2, 0) is 18.4 Å². The van der Waals surface area contributed by atoms with E-state index in [2.05, 4.69) is 18.0 Å². The van der Waals surface area contributed by atoms with E-state index in [1.165, 1.54) is 6.92 Å². The molecule has 0 rings (SSSR count). The number of carbonyl (C=O) groups is 1. The second kappa shape index (κ2) is 8.60. The summed E-state index contributed by atoms with van der Waals surface area (Å²) in [4.78, 5) is 21.1. The zero-order chi connectivity index (χ0) is 15.8. The van der Waals surface area contributed by atoms with E-state index in [-0.39, 0.29) is 5.57 Å². The number of phosphoric acid groups is 1. The molecule has 0 spiro atoms. The minimum atomic E-state index is -4.42. The lowest BCUT2D eigenvalue weighted by Crippen LogP contribution is -2.30. The van der Waals surface area contributed by atoms with Gasteiger partial charge in [-0.05, 0) is 26.2 Å². The standard InChI is InChI=1S/C14H27O5P/c1-6-9-10-11-14(7-2,8-3)19-20(16,17)18-13(15)12(4)5/h4,6-11H2,1-3,5H3,(H,16,17). The summed E-state index contributed by atoms with van der Waals surface area (Å²) in [5.74, 6) is -0.912. The normalized spacial score (nSPS) is 14.7. The second-order valence-corrected chi connectivity index (χ2v) is 6.37. The van der Waals surface area contributed by atoms with Crippen molar-refractivity contribution in [2.45, 2.75) is 71.8 Å². The Morgan fingerprint density at radius 2 is 1.80 bits per heavy atom. The molecule has 0 aromatic carbocycles. The summed E-state index contributed by atoms with van der Waals surface area (Å²) < 4.78 is 21.8. The minimum Gasteiger partial charge on any atom is -0.367 e. The van der Waals surface area contributed by atoms with Crippen LogP contribution < -0.4 is 0 Å². The number of unbranched alkanes of at least 4 members (excludes halogenated alkanes) is 2. The van der Waals surface area contributed by atoms with Crippen LogP contribution in [0.25, 0.3) is 0 Å². The van der Waals surface area contributed by atoms with E-state index in [1.54, 1.807) is 0 Å². The molecule has 0 bridgehead atoms. The van der Waals surface area contributed by atoms with E-state index in [0.29, 0.717) is 19.3 Å². The predicted octanol–water partition coefficient (Wildman–Crippen LogP) is 4.36. The Bertz CT molecular complexity index is 374. The summed E-state index contributed by atoms with van der Waals surface area (Å²) in [6.45, 7) is 10.7. The average molecular weight is 306 g/mol. The highest BCUT2D eigenvalue weighted by atomic mass is 31.2. The maximum Gasteiger partial charge on any atom is 0.530 e. The summed E-state index contributed by atoms with van der Waals surface area (Å²) in [6, 6.07) is 0. The van der Waals surface area contributed by atoms with Crippen molar-refractivity contribution in [2.24, 2.45) is 0 Å². The van der Waals surface area contributed by atoms with Gasteiger partial charge in [-0.2, -0.15) is 0 Å². The van der Waals surface area contributed by atoms with E-state index in [1.807, 2.05) is 13.8 Å². The smallest absolute Gasteiger partial charge is 0.367 e. The molecular formula is C14H27O5P. The van der Waals surface area contributed by atoms with Crippen LogP contribution in [0.1, 0.15) is 66.2 Å². The number of carbonyl (C=O) groups excluding carboxylic acids is 1. The molecule has 1 N–H and O–H groups in total. The molecule has 0 aliphatic heterocycles. The van der Waals surface area contributed by atoms with Crippen molar-refractivity contribution in [1.82, 2.24) is 0 Å². The van der Waals surface area contributed by atoms with Crippen molar-refractivity contribution in [2.75, 3.05) is 0 Å². The topological polar surface area (TPSA) is 72.8 Å². The van der Waals surface area contributed by atoms with Gasteiger partial charge in [0, 0.05) is 5.57 Å². The maximum atomic E-state index is 11.9. The highest BCUT2D eigenvalue weighted by Gasteiger charge is 2.38. The van der Waals surface area contributed by atoms with Crippen LogP contribution in [0.5, 0.6) is 0 Å². The summed E-state index contributed by atoms with van der Waals surface area (Å²) in [5.41, 5.74) is -0.665. The lowest BCUT2D eigenvalue weighted by atomic mass is 9.91. The Kier molecular flexibility index (Phi) is 8.33. The van der Waals surface area contributed by atoms with Crippen LogP contribution in [0.3, 0.4) is 0 Å². The molecule has 0 aliphatic carbocycles. The SMILES string of the molecule is C=C(C)C(=O)OP(=O)(O)OC(CC)(CC)CCCCC. The highest BCUT2D eigenvalue weighted by molar-refractivity contribution is 7.48. The molecule has 0 aliphatic rings. The Hall–Kier alpha value is -0.640. The molecule has 0 heterocycles. The van der Waals surface area contributed by atoms with Gasteiger partial charge in [0.15, 0.2) is 0 Å². The Labute approximate surface area is 122 Å². The molecule has 118 valence electrons. The van der Waals surface area contributed by atoms with Gasteiger partial charge in [-0.3, -0.25) is 9.42 Å². The fourth-order valence-corrected chi connectivity index (χ4v) is 3.16. The van der Waals surface area contributed by atoms with Crippen LogP contribution in [0.15, 0.2) is 12.2 Å². The molecule has 1 atom stereocenters. The molecule has 0 amide bonds. The number of hydrogen-bond donors (Lipinski definition) is 1. The Morgan fingerprint density at radius 1 is 1.25 bits per heavy atom. The molecule has 20 heavy (non-hydrogen) atoms. The largest absolute Gasteiger partial charge is 0.530 e. The first-order valence-corrected chi connectivity index (χ1v) is 8.64. The lowest BCUT2D eigenvalue weighted by molar-refractivity contribution is -0.132. The summed E-state index contributed by atoms with van der Waals surface area (Å²) in [5, 5.41) is 0. The minimum absolute atomic E-state index is 0.0625. The molecular weight excluding hydrogens is 279 g/mol. The van der Waals surface area contributed by atoms with Crippen molar-refractivity contribution in [1.29, 1.82) is 0 Å². The van der Waals surface area contributed by atoms with E-state index in [9.17, 15) is 14.3 Å². The van der Waals surface area contributed by atoms with Crippen LogP contribution in [0.4, 0.5) is 0 Å². The highest BCUT2D eigenvalue weighted by Crippen LogP contribution is 2.50. The van der Waals surface area contributed by atoms with Crippen LogP contribution in [0.2, 0.25) is 0 Å². The van der Waals surface area contributed by atoms with Crippen LogP contribution >= 0.6 is 7.82 Å². The fraction of sp³-hybridized carbons (Fsp3) is 0.786. The van der Waals surface area contributed by atoms with Crippen molar-refractivity contribution in [3.05, 3.63) is 12.2 Å². The van der Waals surface area contributed by atoms with E-state index >= 15 is 0 Å². The quantitative estimate of drug-likeness (QED) is 0.369. The van der Waals surface area contributed by atoms with Gasteiger partial charge in [0.1, 0.15) is 0 Å². The summed E-state index contributed by atoms with van der Waals surface area (Å²) in [7, 11) is -4.42. The Balaban J connectivity index is 4.82. The number of phosphoric ester groups is 1. The van der Waals surface area contributed by atoms with Gasteiger partial charge < -0.3 is 4.52 Å².